The fourth-order valence-corrected chi connectivity index (χ4v) is 3.40. The molecule has 12 heteroatoms. The van der Waals surface area contributed by atoms with Crippen molar-refractivity contribution in [3.63, 3.8) is 0 Å². The largest absolute Gasteiger partial charge is 0.508 e. The standard InChI is InChI=1S/C21H32N4O6S2/c1-11(2)7-14(22)18(27)24-16(9-32)20(29)23-15(8-12-3-5-13(26)6-4-12)19(28)25-17(10-33)21(30)31/h3-6,11,14-17,26,32-33H,7-10,22H2,1-2H3,(H,23,29)(H,24,27)(H,25,28)(H,30,31). The number of aromatic hydroxyl groups is 1. The highest BCUT2D eigenvalue weighted by Gasteiger charge is 2.29. The third-order valence-corrected chi connectivity index (χ3v) is 5.41. The Kier molecular flexibility index (Phi) is 12.1. The van der Waals surface area contributed by atoms with E-state index in [0.717, 1.165) is 0 Å². The van der Waals surface area contributed by atoms with E-state index in [0.29, 0.717) is 12.0 Å². The Morgan fingerprint density at radius 3 is 1.85 bits per heavy atom. The van der Waals surface area contributed by atoms with Crippen molar-refractivity contribution in [3.8, 4) is 5.75 Å². The summed E-state index contributed by atoms with van der Waals surface area (Å²) in [4.78, 5) is 49.2. The minimum Gasteiger partial charge on any atom is -0.508 e. The van der Waals surface area contributed by atoms with Crippen LogP contribution in [-0.4, -0.2) is 69.6 Å². The summed E-state index contributed by atoms with van der Waals surface area (Å²) in [5, 5.41) is 26.1. The molecule has 4 atom stereocenters. The van der Waals surface area contributed by atoms with Crippen LogP contribution in [0, 0.1) is 5.92 Å². The number of carboxylic acid groups (broad SMARTS) is 1. The number of thiol groups is 2. The smallest absolute Gasteiger partial charge is 0.327 e. The maximum atomic E-state index is 12.8. The van der Waals surface area contributed by atoms with E-state index in [2.05, 4.69) is 41.2 Å². The van der Waals surface area contributed by atoms with Gasteiger partial charge in [0.25, 0.3) is 0 Å². The van der Waals surface area contributed by atoms with Crippen molar-refractivity contribution >= 4 is 48.9 Å². The van der Waals surface area contributed by atoms with Crippen LogP contribution < -0.4 is 21.7 Å². The van der Waals surface area contributed by atoms with Gasteiger partial charge in [0, 0.05) is 17.9 Å². The molecule has 1 rings (SSSR count). The second kappa shape index (κ2) is 14.0. The molecule has 0 aliphatic rings. The first kappa shape index (κ1) is 28.6. The molecule has 0 saturated heterocycles. The number of nitrogens with one attached hydrogen (secondary N) is 3. The van der Waals surface area contributed by atoms with Crippen LogP contribution in [0.2, 0.25) is 0 Å². The quantitative estimate of drug-likeness (QED) is 0.172. The number of carboxylic acids is 1. The Balaban J connectivity index is 2.99. The third-order valence-electron chi connectivity index (χ3n) is 4.68. The van der Waals surface area contributed by atoms with Gasteiger partial charge in [0.1, 0.15) is 23.9 Å². The van der Waals surface area contributed by atoms with Gasteiger partial charge in [-0.25, -0.2) is 4.79 Å². The molecule has 0 bridgehead atoms. The van der Waals surface area contributed by atoms with Gasteiger partial charge < -0.3 is 31.9 Å². The van der Waals surface area contributed by atoms with Crippen LogP contribution in [0.4, 0.5) is 0 Å². The zero-order chi connectivity index (χ0) is 25.1. The predicted octanol–water partition coefficient (Wildman–Crippen LogP) is -0.293. The number of phenolic OH excluding ortho intramolecular Hbond substituents is 1. The molecule has 0 heterocycles. The molecule has 0 aliphatic carbocycles. The Morgan fingerprint density at radius 2 is 1.36 bits per heavy atom. The van der Waals surface area contributed by atoms with Crippen molar-refractivity contribution in [2.45, 2.75) is 50.9 Å². The molecule has 0 saturated carbocycles. The number of hydrogen-bond donors (Lipinski definition) is 8. The van der Waals surface area contributed by atoms with Gasteiger partial charge in [0.15, 0.2) is 0 Å². The lowest BCUT2D eigenvalue weighted by Crippen LogP contribution is -2.58. The van der Waals surface area contributed by atoms with Crippen LogP contribution >= 0.6 is 25.3 Å². The van der Waals surface area contributed by atoms with E-state index in [-0.39, 0.29) is 29.6 Å². The van der Waals surface area contributed by atoms with Crippen molar-refractivity contribution in [2.75, 3.05) is 11.5 Å². The highest BCUT2D eigenvalue weighted by atomic mass is 32.1. The molecule has 0 spiro atoms. The van der Waals surface area contributed by atoms with Crippen molar-refractivity contribution in [3.05, 3.63) is 29.8 Å². The number of carbonyl (C=O) groups excluding carboxylic acids is 3. The molecule has 10 nitrogen and oxygen atoms in total. The van der Waals surface area contributed by atoms with Gasteiger partial charge in [0.2, 0.25) is 17.7 Å². The summed E-state index contributed by atoms with van der Waals surface area (Å²) in [6.07, 6.45) is 0.440. The number of carbonyl (C=O) groups is 4. The van der Waals surface area contributed by atoms with E-state index in [1.807, 2.05) is 13.8 Å². The monoisotopic (exact) mass is 500 g/mol. The average Bonchev–Trinajstić information content (AvgIpc) is 2.75. The summed E-state index contributed by atoms with van der Waals surface area (Å²) in [7, 11) is 0. The molecule has 4 unspecified atom stereocenters. The van der Waals surface area contributed by atoms with Gasteiger partial charge in [-0.3, -0.25) is 14.4 Å². The normalized spacial score (nSPS) is 14.6. The fraction of sp³-hybridized carbons (Fsp3) is 0.524. The summed E-state index contributed by atoms with van der Waals surface area (Å²) >= 11 is 8.04. The van der Waals surface area contributed by atoms with E-state index in [1.54, 1.807) is 12.1 Å². The minimum atomic E-state index is -1.27. The summed E-state index contributed by atoms with van der Waals surface area (Å²) in [5.41, 5.74) is 6.48. The fourth-order valence-electron chi connectivity index (χ4n) is 2.89. The molecule has 0 aliphatic heterocycles. The number of hydrogen-bond acceptors (Lipinski definition) is 8. The first-order valence-corrected chi connectivity index (χ1v) is 11.6. The van der Waals surface area contributed by atoms with Gasteiger partial charge in [-0.05, 0) is 30.0 Å². The molecule has 0 aromatic heterocycles. The average molecular weight is 501 g/mol. The van der Waals surface area contributed by atoms with Gasteiger partial charge >= 0.3 is 5.97 Å². The van der Waals surface area contributed by atoms with Gasteiger partial charge in [0.05, 0.1) is 6.04 Å². The second-order valence-corrected chi connectivity index (χ2v) is 8.72. The summed E-state index contributed by atoms with van der Waals surface area (Å²) < 4.78 is 0. The van der Waals surface area contributed by atoms with E-state index >= 15 is 0 Å². The Bertz CT molecular complexity index is 821. The number of aliphatic carboxylic acids is 1. The lowest BCUT2D eigenvalue weighted by molar-refractivity contribution is -0.141. The number of amides is 3. The van der Waals surface area contributed by atoms with Gasteiger partial charge in [-0.1, -0.05) is 26.0 Å². The molecule has 33 heavy (non-hydrogen) atoms. The van der Waals surface area contributed by atoms with Crippen LogP contribution in [0.25, 0.3) is 0 Å². The van der Waals surface area contributed by atoms with Crippen LogP contribution in [0.5, 0.6) is 5.75 Å². The maximum absolute atomic E-state index is 12.8. The van der Waals surface area contributed by atoms with Gasteiger partial charge in [-0.2, -0.15) is 25.3 Å². The summed E-state index contributed by atoms with van der Waals surface area (Å²) in [6.45, 7) is 3.83. The molecular weight excluding hydrogens is 468 g/mol. The topological polar surface area (TPSA) is 171 Å². The number of nitrogens with two attached hydrogens (primary N) is 1. The third kappa shape index (κ3) is 9.93. The SMILES string of the molecule is CC(C)CC(N)C(=O)NC(CS)C(=O)NC(Cc1ccc(O)cc1)C(=O)NC(CS)C(=O)O. The van der Waals surface area contributed by atoms with Crippen LogP contribution in [0.3, 0.4) is 0 Å². The highest BCUT2D eigenvalue weighted by molar-refractivity contribution is 7.80. The number of rotatable bonds is 13. The number of phenols is 1. The minimum absolute atomic E-state index is 0.0108. The first-order chi connectivity index (χ1) is 15.5. The van der Waals surface area contributed by atoms with Crippen molar-refractivity contribution in [1.29, 1.82) is 0 Å². The van der Waals surface area contributed by atoms with E-state index in [9.17, 15) is 29.4 Å². The molecule has 0 radical (unpaired) electrons. The Hall–Kier alpha value is -2.44. The van der Waals surface area contributed by atoms with E-state index in [1.165, 1.54) is 12.1 Å². The molecule has 184 valence electrons. The van der Waals surface area contributed by atoms with Crippen molar-refractivity contribution in [1.82, 2.24) is 16.0 Å². The van der Waals surface area contributed by atoms with Crippen molar-refractivity contribution < 1.29 is 29.4 Å². The van der Waals surface area contributed by atoms with Gasteiger partial charge in [-0.15, -0.1) is 0 Å². The van der Waals surface area contributed by atoms with Crippen LogP contribution in [-0.2, 0) is 25.6 Å². The zero-order valence-corrected chi connectivity index (χ0v) is 20.3. The summed E-state index contributed by atoms with van der Waals surface area (Å²) in [5.74, 6) is -3.18. The van der Waals surface area contributed by atoms with E-state index < -0.39 is 47.9 Å². The lowest BCUT2D eigenvalue weighted by atomic mass is 10.0. The molecule has 1 aromatic rings. The molecule has 0 fully saturated rings. The predicted molar refractivity (Wildman–Crippen MR) is 130 cm³/mol. The van der Waals surface area contributed by atoms with E-state index in [4.69, 9.17) is 5.73 Å². The molecular formula is C21H32N4O6S2. The Labute approximate surface area is 203 Å². The molecule has 1 aromatic carbocycles. The highest BCUT2D eigenvalue weighted by Crippen LogP contribution is 2.12. The van der Waals surface area contributed by atoms with Crippen LogP contribution in [0.15, 0.2) is 24.3 Å². The first-order valence-electron chi connectivity index (χ1n) is 10.4. The maximum Gasteiger partial charge on any atom is 0.327 e. The van der Waals surface area contributed by atoms with Crippen LogP contribution in [0.1, 0.15) is 25.8 Å². The van der Waals surface area contributed by atoms with Crippen molar-refractivity contribution in [2.24, 2.45) is 11.7 Å². The number of benzene rings is 1. The zero-order valence-electron chi connectivity index (χ0n) is 18.5. The molecule has 3 amide bonds. The lowest BCUT2D eigenvalue weighted by Gasteiger charge is -2.24. The second-order valence-electron chi connectivity index (χ2n) is 7.99. The molecule has 7 N–H and O–H groups in total. The Morgan fingerprint density at radius 1 is 0.879 bits per heavy atom. The summed E-state index contributed by atoms with van der Waals surface area (Å²) in [6, 6.07) is 1.70.